The second-order valence-corrected chi connectivity index (χ2v) is 2.85. The highest BCUT2D eigenvalue weighted by Gasteiger charge is 1.98. The van der Waals surface area contributed by atoms with E-state index in [1.807, 2.05) is 18.2 Å². The van der Waals surface area contributed by atoms with Crippen molar-refractivity contribution in [2.24, 2.45) is 0 Å². The molecule has 10 heavy (non-hydrogen) atoms. The molecular weight excluding hydrogens is 192 g/mol. The lowest BCUT2D eigenvalue weighted by atomic mass is 10.3. The Bertz CT molecular complexity index is 351. The minimum absolute atomic E-state index is 0.870. The van der Waals surface area contributed by atoms with Crippen molar-refractivity contribution in [3.63, 3.8) is 0 Å². The van der Waals surface area contributed by atoms with E-state index in [1.165, 1.54) is 0 Å². The van der Waals surface area contributed by atoms with Crippen LogP contribution in [-0.2, 0) is 0 Å². The highest BCUT2D eigenvalue weighted by molar-refractivity contribution is 9.10. The topological polar surface area (TPSA) is 13.1 Å². The molecule has 1 radical (unpaired) electrons. The first kappa shape index (κ1) is 5.98. The minimum atomic E-state index is 0.870. The Morgan fingerprint density at radius 3 is 3.10 bits per heavy atom. The number of furan rings is 1. The summed E-state index contributed by atoms with van der Waals surface area (Å²) in [4.78, 5) is 0. The Hall–Kier alpha value is -0.760. The molecule has 0 N–H and O–H groups in total. The van der Waals surface area contributed by atoms with Gasteiger partial charge >= 0.3 is 0 Å². The fourth-order valence-electron chi connectivity index (χ4n) is 0.895. The van der Waals surface area contributed by atoms with Crippen molar-refractivity contribution in [1.82, 2.24) is 0 Å². The summed E-state index contributed by atoms with van der Waals surface area (Å²) >= 11 is 3.38. The molecule has 2 rings (SSSR count). The lowest BCUT2D eigenvalue weighted by Crippen LogP contribution is -1.64. The van der Waals surface area contributed by atoms with Crippen molar-refractivity contribution in [2.45, 2.75) is 0 Å². The number of rotatable bonds is 0. The standard InChI is InChI=1S/C8H4BrO/c9-7-2-1-3-8-6(7)4-5-10-8/h1-3,5H. The van der Waals surface area contributed by atoms with Gasteiger partial charge in [-0.25, -0.2) is 0 Å². The molecule has 1 aromatic heterocycles. The summed E-state index contributed by atoms with van der Waals surface area (Å²) in [5.74, 6) is 0. The molecule has 0 spiro atoms. The van der Waals surface area contributed by atoms with Gasteiger partial charge in [0.25, 0.3) is 0 Å². The van der Waals surface area contributed by atoms with E-state index in [4.69, 9.17) is 4.42 Å². The van der Waals surface area contributed by atoms with E-state index in [0.717, 1.165) is 15.4 Å². The van der Waals surface area contributed by atoms with Gasteiger partial charge in [0, 0.05) is 15.9 Å². The molecule has 0 aliphatic rings. The van der Waals surface area contributed by atoms with Crippen molar-refractivity contribution in [2.75, 3.05) is 0 Å². The van der Waals surface area contributed by atoms with Gasteiger partial charge in [0.05, 0.1) is 6.26 Å². The summed E-state index contributed by atoms with van der Waals surface area (Å²) in [6.07, 6.45) is 1.56. The summed E-state index contributed by atoms with van der Waals surface area (Å²) in [5, 5.41) is 1.00. The summed E-state index contributed by atoms with van der Waals surface area (Å²) in [7, 11) is 0. The number of fused-ring (bicyclic) bond motifs is 1. The molecule has 0 saturated heterocycles. The maximum absolute atomic E-state index is 5.11. The van der Waals surface area contributed by atoms with E-state index >= 15 is 0 Å². The molecule has 0 atom stereocenters. The summed E-state index contributed by atoms with van der Waals surface area (Å²) in [5.41, 5.74) is 0.870. The minimum Gasteiger partial charge on any atom is -0.464 e. The molecule has 0 fully saturated rings. The van der Waals surface area contributed by atoms with E-state index < -0.39 is 0 Å². The second-order valence-electron chi connectivity index (χ2n) is 1.99. The van der Waals surface area contributed by atoms with Crippen LogP contribution in [0.3, 0.4) is 0 Å². The van der Waals surface area contributed by atoms with Crippen molar-refractivity contribution >= 4 is 26.9 Å². The fourth-order valence-corrected chi connectivity index (χ4v) is 1.36. The molecule has 0 aliphatic heterocycles. The molecule has 0 amide bonds. The molecule has 0 saturated carbocycles. The first-order valence-electron chi connectivity index (χ1n) is 2.91. The molecule has 1 aromatic carbocycles. The maximum Gasteiger partial charge on any atom is 0.135 e. The van der Waals surface area contributed by atoms with Crippen LogP contribution in [0.15, 0.2) is 33.4 Å². The van der Waals surface area contributed by atoms with E-state index in [-0.39, 0.29) is 0 Å². The number of halogens is 1. The predicted octanol–water partition coefficient (Wildman–Crippen LogP) is 3.00. The van der Waals surface area contributed by atoms with Gasteiger partial charge in [0.2, 0.25) is 0 Å². The van der Waals surface area contributed by atoms with Crippen LogP contribution in [0.1, 0.15) is 0 Å². The Morgan fingerprint density at radius 1 is 1.40 bits per heavy atom. The summed E-state index contributed by atoms with van der Waals surface area (Å²) < 4.78 is 6.14. The second kappa shape index (κ2) is 2.13. The zero-order valence-electron chi connectivity index (χ0n) is 5.10. The smallest absolute Gasteiger partial charge is 0.135 e. The summed E-state index contributed by atoms with van der Waals surface area (Å²) in [6, 6.07) is 8.79. The molecule has 2 heteroatoms. The Balaban J connectivity index is 2.95. The molecule has 0 unspecified atom stereocenters. The Labute approximate surface area is 66.8 Å². The van der Waals surface area contributed by atoms with Crippen LogP contribution in [0.2, 0.25) is 0 Å². The van der Waals surface area contributed by atoms with Crippen LogP contribution in [0.4, 0.5) is 0 Å². The number of benzene rings is 1. The van der Waals surface area contributed by atoms with Crippen LogP contribution < -0.4 is 0 Å². The fraction of sp³-hybridized carbons (Fsp3) is 0. The quantitative estimate of drug-likeness (QED) is 0.631. The molecule has 2 aromatic rings. The van der Waals surface area contributed by atoms with Gasteiger partial charge in [-0.2, -0.15) is 0 Å². The SMILES string of the molecule is Brc1cccc2oc[c]c12. The molecule has 0 aliphatic carbocycles. The van der Waals surface area contributed by atoms with Crippen LogP contribution >= 0.6 is 15.9 Å². The van der Waals surface area contributed by atoms with Gasteiger partial charge in [0.1, 0.15) is 5.58 Å². The molecular formula is C8H4BrO. The van der Waals surface area contributed by atoms with Gasteiger partial charge in [-0.1, -0.05) is 22.0 Å². The first-order chi connectivity index (χ1) is 4.88. The zero-order chi connectivity index (χ0) is 6.97. The third-order valence-electron chi connectivity index (χ3n) is 1.36. The van der Waals surface area contributed by atoms with Crippen molar-refractivity contribution in [3.05, 3.63) is 35.0 Å². The van der Waals surface area contributed by atoms with E-state index in [0.29, 0.717) is 0 Å². The highest BCUT2D eigenvalue weighted by Crippen LogP contribution is 2.23. The third-order valence-corrected chi connectivity index (χ3v) is 2.03. The van der Waals surface area contributed by atoms with Crippen molar-refractivity contribution in [1.29, 1.82) is 0 Å². The van der Waals surface area contributed by atoms with Crippen molar-refractivity contribution < 1.29 is 4.42 Å². The average molecular weight is 196 g/mol. The van der Waals surface area contributed by atoms with E-state index in [2.05, 4.69) is 22.0 Å². The highest BCUT2D eigenvalue weighted by atomic mass is 79.9. The normalized spacial score (nSPS) is 10.5. The Kier molecular flexibility index (Phi) is 1.27. The van der Waals surface area contributed by atoms with Crippen molar-refractivity contribution in [3.8, 4) is 0 Å². The lowest BCUT2D eigenvalue weighted by molar-refractivity contribution is 0.615. The van der Waals surface area contributed by atoms with Gasteiger partial charge in [-0.15, -0.1) is 0 Å². The number of hydrogen-bond donors (Lipinski definition) is 0. The monoisotopic (exact) mass is 195 g/mol. The van der Waals surface area contributed by atoms with Crippen LogP contribution in [0.25, 0.3) is 11.0 Å². The zero-order valence-corrected chi connectivity index (χ0v) is 6.68. The van der Waals surface area contributed by atoms with Crippen LogP contribution in [-0.4, -0.2) is 0 Å². The first-order valence-corrected chi connectivity index (χ1v) is 3.70. The maximum atomic E-state index is 5.11. The van der Waals surface area contributed by atoms with Crippen LogP contribution in [0.5, 0.6) is 0 Å². The summed E-state index contributed by atoms with van der Waals surface area (Å²) in [6.45, 7) is 0. The number of hydrogen-bond acceptors (Lipinski definition) is 1. The largest absolute Gasteiger partial charge is 0.464 e. The van der Waals surface area contributed by atoms with Gasteiger partial charge < -0.3 is 4.42 Å². The van der Waals surface area contributed by atoms with Crippen LogP contribution in [0, 0.1) is 6.07 Å². The van der Waals surface area contributed by atoms with Gasteiger partial charge in [-0.3, -0.25) is 0 Å². The third kappa shape index (κ3) is 0.762. The van der Waals surface area contributed by atoms with Gasteiger partial charge in [-0.05, 0) is 12.1 Å². The average Bonchev–Trinajstić information content (AvgIpc) is 2.36. The van der Waals surface area contributed by atoms with E-state index in [1.54, 1.807) is 6.26 Å². The van der Waals surface area contributed by atoms with E-state index in [9.17, 15) is 0 Å². The van der Waals surface area contributed by atoms with Gasteiger partial charge in [0.15, 0.2) is 0 Å². The lowest BCUT2D eigenvalue weighted by Gasteiger charge is -1.88. The molecule has 49 valence electrons. The Morgan fingerprint density at radius 2 is 2.30 bits per heavy atom. The molecule has 1 nitrogen and oxygen atoms in total. The predicted molar refractivity (Wildman–Crippen MR) is 42.8 cm³/mol. The molecule has 0 bridgehead atoms. The molecule has 1 heterocycles.